The van der Waals surface area contributed by atoms with Crippen LogP contribution >= 0.6 is 0 Å². The SMILES string of the molecule is CC1(C)CCCC2(C(=O)O)C1CCC13CC(CCC12)C(C)(O)C3. The monoisotopic (exact) mass is 320 g/mol. The van der Waals surface area contributed by atoms with E-state index in [0.717, 1.165) is 57.8 Å². The number of hydrogen-bond acceptors (Lipinski definition) is 2. The second-order valence-corrected chi connectivity index (χ2v) is 10.2. The summed E-state index contributed by atoms with van der Waals surface area (Å²) < 4.78 is 0. The minimum absolute atomic E-state index is 0.0920. The van der Waals surface area contributed by atoms with Crippen molar-refractivity contribution in [1.82, 2.24) is 0 Å². The summed E-state index contributed by atoms with van der Waals surface area (Å²) in [6.45, 7) is 6.59. The van der Waals surface area contributed by atoms with E-state index in [1.165, 1.54) is 0 Å². The molecule has 2 N–H and O–H groups in total. The molecule has 0 amide bonds. The molecule has 4 fully saturated rings. The molecule has 0 heterocycles. The molecule has 2 bridgehead atoms. The van der Waals surface area contributed by atoms with Crippen molar-refractivity contribution < 1.29 is 15.0 Å². The lowest BCUT2D eigenvalue weighted by molar-refractivity contribution is -0.194. The van der Waals surface area contributed by atoms with Gasteiger partial charge in [-0.3, -0.25) is 4.79 Å². The molecule has 0 aromatic rings. The minimum Gasteiger partial charge on any atom is -0.481 e. The molecule has 1 spiro atoms. The summed E-state index contributed by atoms with van der Waals surface area (Å²) in [4.78, 5) is 12.6. The van der Waals surface area contributed by atoms with Gasteiger partial charge in [0.2, 0.25) is 0 Å². The van der Waals surface area contributed by atoms with Gasteiger partial charge in [0, 0.05) is 0 Å². The Bertz CT molecular complexity index is 537. The van der Waals surface area contributed by atoms with E-state index in [4.69, 9.17) is 0 Å². The molecule has 0 aromatic heterocycles. The Balaban J connectivity index is 1.81. The van der Waals surface area contributed by atoms with E-state index in [1.807, 2.05) is 6.92 Å². The van der Waals surface area contributed by atoms with E-state index >= 15 is 0 Å². The first-order valence-corrected chi connectivity index (χ1v) is 9.60. The van der Waals surface area contributed by atoms with Crippen LogP contribution in [-0.4, -0.2) is 21.8 Å². The topological polar surface area (TPSA) is 57.5 Å². The lowest BCUT2D eigenvalue weighted by Crippen LogP contribution is -2.60. The maximum absolute atomic E-state index is 12.6. The van der Waals surface area contributed by atoms with Crippen LogP contribution in [0, 0.1) is 34.0 Å². The lowest BCUT2D eigenvalue weighted by atomic mass is 9.40. The third kappa shape index (κ3) is 1.89. The number of aliphatic carboxylic acids is 1. The fraction of sp³-hybridized carbons (Fsp3) is 0.950. The van der Waals surface area contributed by atoms with Crippen molar-refractivity contribution in [2.24, 2.45) is 34.0 Å². The van der Waals surface area contributed by atoms with Gasteiger partial charge in [0.25, 0.3) is 0 Å². The molecule has 6 atom stereocenters. The minimum atomic E-state index is -0.578. The largest absolute Gasteiger partial charge is 0.481 e. The molecule has 4 saturated carbocycles. The van der Waals surface area contributed by atoms with Gasteiger partial charge in [-0.05, 0) is 86.9 Å². The molecule has 3 heteroatoms. The zero-order valence-electron chi connectivity index (χ0n) is 14.9. The average Bonchev–Trinajstić information content (AvgIpc) is 2.62. The van der Waals surface area contributed by atoms with Crippen LogP contribution in [0.4, 0.5) is 0 Å². The Hall–Kier alpha value is -0.570. The van der Waals surface area contributed by atoms with Crippen LogP contribution in [0.25, 0.3) is 0 Å². The van der Waals surface area contributed by atoms with Gasteiger partial charge in [0.1, 0.15) is 0 Å². The fourth-order valence-corrected chi connectivity index (χ4v) is 7.95. The Kier molecular flexibility index (Phi) is 3.14. The molecule has 0 saturated heterocycles. The molecule has 3 nitrogen and oxygen atoms in total. The second-order valence-electron chi connectivity index (χ2n) is 10.2. The first-order chi connectivity index (χ1) is 10.6. The number of carboxylic acid groups (broad SMARTS) is 1. The van der Waals surface area contributed by atoms with Crippen LogP contribution in [-0.2, 0) is 4.79 Å². The van der Waals surface area contributed by atoms with Crippen molar-refractivity contribution in [1.29, 1.82) is 0 Å². The Labute approximate surface area is 139 Å². The average molecular weight is 320 g/mol. The third-order valence-corrected chi connectivity index (χ3v) is 8.71. The van der Waals surface area contributed by atoms with Gasteiger partial charge < -0.3 is 10.2 Å². The number of hydrogen-bond donors (Lipinski definition) is 2. The summed E-state index contributed by atoms with van der Waals surface area (Å²) >= 11 is 0. The van der Waals surface area contributed by atoms with Gasteiger partial charge in [-0.25, -0.2) is 0 Å². The molecule has 23 heavy (non-hydrogen) atoms. The first-order valence-electron chi connectivity index (χ1n) is 9.60. The maximum atomic E-state index is 12.6. The standard InChI is InChI=1S/C20H32O3/c1-17(2)8-4-9-20(16(21)22)14(17)7-10-19-11-13(5-6-15(19)20)18(3,23)12-19/h13-15,23H,4-12H2,1-3H3,(H,21,22). The van der Waals surface area contributed by atoms with E-state index in [0.29, 0.717) is 11.8 Å². The van der Waals surface area contributed by atoms with Crippen molar-refractivity contribution >= 4 is 5.97 Å². The fourth-order valence-electron chi connectivity index (χ4n) is 7.95. The highest BCUT2D eigenvalue weighted by atomic mass is 16.4. The summed E-state index contributed by atoms with van der Waals surface area (Å²) in [6.07, 6.45) is 9.16. The Morgan fingerprint density at radius 2 is 1.74 bits per heavy atom. The Morgan fingerprint density at radius 1 is 1.00 bits per heavy atom. The molecule has 0 radical (unpaired) electrons. The molecule has 0 aromatic carbocycles. The van der Waals surface area contributed by atoms with Crippen LogP contribution in [0.3, 0.4) is 0 Å². The molecule has 0 aliphatic heterocycles. The van der Waals surface area contributed by atoms with Crippen LogP contribution < -0.4 is 0 Å². The highest BCUT2D eigenvalue weighted by molar-refractivity contribution is 5.76. The summed E-state index contributed by atoms with van der Waals surface area (Å²) in [6, 6.07) is 0. The van der Waals surface area contributed by atoms with E-state index in [9.17, 15) is 15.0 Å². The smallest absolute Gasteiger partial charge is 0.310 e. The van der Waals surface area contributed by atoms with Crippen molar-refractivity contribution in [3.8, 4) is 0 Å². The van der Waals surface area contributed by atoms with E-state index < -0.39 is 17.0 Å². The highest BCUT2D eigenvalue weighted by Gasteiger charge is 2.69. The summed E-state index contributed by atoms with van der Waals surface area (Å²) in [5.74, 6) is 0.428. The number of aliphatic hydroxyl groups is 1. The van der Waals surface area contributed by atoms with Crippen molar-refractivity contribution in [3.05, 3.63) is 0 Å². The number of fused-ring (bicyclic) bond motifs is 3. The van der Waals surface area contributed by atoms with Gasteiger partial charge in [0.15, 0.2) is 0 Å². The summed E-state index contributed by atoms with van der Waals surface area (Å²) in [5, 5.41) is 21.3. The molecule has 4 aliphatic carbocycles. The lowest BCUT2D eigenvalue weighted by Gasteiger charge is -2.62. The Morgan fingerprint density at radius 3 is 2.43 bits per heavy atom. The quantitative estimate of drug-likeness (QED) is 0.760. The molecule has 4 rings (SSSR count). The van der Waals surface area contributed by atoms with Gasteiger partial charge in [0.05, 0.1) is 11.0 Å². The van der Waals surface area contributed by atoms with Gasteiger partial charge in [-0.15, -0.1) is 0 Å². The first kappa shape index (κ1) is 15.9. The molecule has 6 unspecified atom stereocenters. The van der Waals surface area contributed by atoms with Crippen LogP contribution in [0.15, 0.2) is 0 Å². The van der Waals surface area contributed by atoms with Crippen molar-refractivity contribution in [3.63, 3.8) is 0 Å². The van der Waals surface area contributed by atoms with Crippen molar-refractivity contribution in [2.75, 3.05) is 0 Å². The maximum Gasteiger partial charge on any atom is 0.310 e. The predicted octanol–water partition coefficient (Wildman–Crippen LogP) is 4.23. The van der Waals surface area contributed by atoms with Gasteiger partial charge in [-0.1, -0.05) is 20.3 Å². The van der Waals surface area contributed by atoms with E-state index in [-0.39, 0.29) is 16.7 Å². The summed E-state index contributed by atoms with van der Waals surface area (Å²) in [7, 11) is 0. The predicted molar refractivity (Wildman–Crippen MR) is 88.9 cm³/mol. The van der Waals surface area contributed by atoms with Gasteiger partial charge >= 0.3 is 5.97 Å². The van der Waals surface area contributed by atoms with Crippen LogP contribution in [0.2, 0.25) is 0 Å². The van der Waals surface area contributed by atoms with Gasteiger partial charge in [-0.2, -0.15) is 0 Å². The van der Waals surface area contributed by atoms with E-state index in [2.05, 4.69) is 13.8 Å². The molecular weight excluding hydrogens is 288 g/mol. The molecule has 130 valence electrons. The third-order valence-electron chi connectivity index (χ3n) is 8.71. The highest BCUT2D eigenvalue weighted by Crippen LogP contribution is 2.72. The summed E-state index contributed by atoms with van der Waals surface area (Å²) in [5.41, 5.74) is -0.887. The van der Waals surface area contributed by atoms with Crippen LogP contribution in [0.1, 0.15) is 78.6 Å². The molecular formula is C20H32O3. The second kappa shape index (κ2) is 4.53. The zero-order chi connectivity index (χ0) is 16.7. The van der Waals surface area contributed by atoms with E-state index in [1.54, 1.807) is 0 Å². The number of carbonyl (C=O) groups is 1. The number of carboxylic acids is 1. The number of rotatable bonds is 1. The zero-order valence-corrected chi connectivity index (χ0v) is 14.9. The molecule has 4 aliphatic rings. The van der Waals surface area contributed by atoms with Crippen LogP contribution in [0.5, 0.6) is 0 Å². The normalized spacial score (nSPS) is 54.2. The van der Waals surface area contributed by atoms with Crippen molar-refractivity contribution in [2.45, 2.75) is 84.2 Å².